The maximum atomic E-state index is 12.6. The summed E-state index contributed by atoms with van der Waals surface area (Å²) in [5.74, 6) is 0.852. The summed E-state index contributed by atoms with van der Waals surface area (Å²) in [5.41, 5.74) is 4.51. The van der Waals surface area contributed by atoms with Crippen molar-refractivity contribution in [3.05, 3.63) is 90.3 Å². The molecule has 8 nitrogen and oxygen atoms in total. The lowest BCUT2D eigenvalue weighted by atomic mass is 10.0. The number of rotatable bonds is 7. The van der Waals surface area contributed by atoms with Crippen LogP contribution in [-0.2, 0) is 6.42 Å². The summed E-state index contributed by atoms with van der Waals surface area (Å²) in [6.07, 6.45) is -0.789. The van der Waals surface area contributed by atoms with E-state index in [4.69, 9.17) is 0 Å². The van der Waals surface area contributed by atoms with Crippen molar-refractivity contribution in [1.29, 1.82) is 0 Å². The summed E-state index contributed by atoms with van der Waals surface area (Å²) >= 11 is 1.55. The molecule has 2 heterocycles. The number of carbonyl (C=O) groups excluding carboxylic acids is 1. The van der Waals surface area contributed by atoms with Gasteiger partial charge in [-0.05, 0) is 47.9 Å². The number of aryl methyl sites for hydroxylation is 1. The lowest BCUT2D eigenvalue weighted by Crippen LogP contribution is -2.25. The molecule has 0 saturated carbocycles. The molecular weight excluding hydrogens is 565 g/mol. The van der Waals surface area contributed by atoms with Crippen molar-refractivity contribution >= 4 is 34.9 Å². The molecular formula is C30H27F3N6O2S. The number of para-hydroxylation sites is 1. The van der Waals surface area contributed by atoms with E-state index in [2.05, 4.69) is 42.7 Å². The minimum atomic E-state index is -4.75. The highest BCUT2D eigenvalue weighted by Gasteiger charge is 2.31. The molecule has 1 aromatic heterocycles. The molecule has 0 aliphatic carbocycles. The molecule has 0 spiro atoms. The van der Waals surface area contributed by atoms with Crippen molar-refractivity contribution in [1.82, 2.24) is 14.8 Å². The number of benzene rings is 3. The Balaban J connectivity index is 1.22. The van der Waals surface area contributed by atoms with Crippen molar-refractivity contribution in [2.24, 2.45) is 9.98 Å². The fraction of sp³-hybridized carbons (Fsp3) is 0.233. The number of alkyl halides is 3. The third-order valence-electron chi connectivity index (χ3n) is 6.56. The summed E-state index contributed by atoms with van der Waals surface area (Å²) in [6, 6.07) is 20.5. The molecule has 4 aromatic rings. The molecule has 0 radical (unpaired) electrons. The lowest BCUT2D eigenvalue weighted by Gasteiger charge is -2.20. The van der Waals surface area contributed by atoms with E-state index in [1.165, 1.54) is 40.8 Å². The number of amides is 2. The van der Waals surface area contributed by atoms with E-state index < -0.39 is 12.4 Å². The van der Waals surface area contributed by atoms with Crippen LogP contribution < -0.4 is 9.64 Å². The molecule has 1 atom stereocenters. The van der Waals surface area contributed by atoms with Crippen LogP contribution in [0.2, 0.25) is 0 Å². The topological polar surface area (TPSA) is 85.0 Å². The molecule has 12 heteroatoms. The van der Waals surface area contributed by atoms with E-state index in [9.17, 15) is 18.0 Å². The Kier molecular flexibility index (Phi) is 8.72. The van der Waals surface area contributed by atoms with Gasteiger partial charge in [-0.15, -0.1) is 18.3 Å². The van der Waals surface area contributed by atoms with Crippen molar-refractivity contribution < 1.29 is 22.7 Å². The summed E-state index contributed by atoms with van der Waals surface area (Å²) in [6.45, 7) is 4.83. The molecule has 3 aromatic carbocycles. The van der Waals surface area contributed by atoms with Crippen LogP contribution >= 0.6 is 11.8 Å². The molecule has 0 N–H and O–H groups in total. The highest BCUT2D eigenvalue weighted by Crippen LogP contribution is 2.29. The predicted molar refractivity (Wildman–Crippen MR) is 159 cm³/mol. The van der Waals surface area contributed by atoms with Gasteiger partial charge in [-0.3, -0.25) is 0 Å². The van der Waals surface area contributed by atoms with Crippen LogP contribution in [-0.4, -0.2) is 50.8 Å². The van der Waals surface area contributed by atoms with E-state index >= 15 is 0 Å². The van der Waals surface area contributed by atoms with E-state index in [-0.39, 0.29) is 11.7 Å². The third kappa shape index (κ3) is 7.06. The number of hydrogen-bond donors (Lipinski definition) is 0. The zero-order valence-electron chi connectivity index (χ0n) is 22.8. The lowest BCUT2D eigenvalue weighted by molar-refractivity contribution is -0.274. The van der Waals surface area contributed by atoms with Crippen LogP contribution in [0.5, 0.6) is 5.75 Å². The Hall–Kier alpha value is -4.45. The molecule has 42 heavy (non-hydrogen) atoms. The first-order valence-electron chi connectivity index (χ1n) is 13.2. The Morgan fingerprint density at radius 3 is 2.55 bits per heavy atom. The number of halogens is 3. The summed E-state index contributed by atoms with van der Waals surface area (Å²) in [4.78, 5) is 27.3. The second kappa shape index (κ2) is 12.6. The number of nitrogens with zero attached hydrogens (tertiary/aromatic N) is 6. The number of amidine groups is 1. The van der Waals surface area contributed by atoms with Gasteiger partial charge in [0, 0.05) is 35.7 Å². The minimum absolute atomic E-state index is 0.140. The van der Waals surface area contributed by atoms with Crippen LogP contribution in [0.25, 0.3) is 17.1 Å². The quantitative estimate of drug-likeness (QED) is 0.210. The highest BCUT2D eigenvalue weighted by molar-refractivity contribution is 8.14. The number of urea groups is 1. The van der Waals surface area contributed by atoms with Gasteiger partial charge in [0.15, 0.2) is 11.0 Å². The van der Waals surface area contributed by atoms with Gasteiger partial charge in [-0.1, -0.05) is 68.1 Å². The number of aromatic nitrogens is 3. The van der Waals surface area contributed by atoms with Crippen molar-refractivity contribution in [2.75, 3.05) is 17.2 Å². The van der Waals surface area contributed by atoms with Gasteiger partial charge in [-0.25, -0.2) is 19.5 Å². The van der Waals surface area contributed by atoms with E-state index in [0.717, 1.165) is 35.5 Å². The Labute approximate surface area is 245 Å². The number of hydrogen-bond acceptors (Lipinski definition) is 5. The molecule has 0 bridgehead atoms. The first-order valence-corrected chi connectivity index (χ1v) is 14.2. The summed E-state index contributed by atoms with van der Waals surface area (Å²) in [7, 11) is 0. The highest BCUT2D eigenvalue weighted by atomic mass is 32.2. The Bertz CT molecular complexity index is 1600. The molecule has 1 aliphatic rings. The molecule has 1 fully saturated rings. The van der Waals surface area contributed by atoms with E-state index in [1.54, 1.807) is 18.0 Å². The normalized spacial score (nSPS) is 15.5. The number of anilines is 1. The Morgan fingerprint density at radius 2 is 1.83 bits per heavy atom. The molecule has 1 saturated heterocycles. The maximum absolute atomic E-state index is 12.6. The molecule has 216 valence electrons. The van der Waals surface area contributed by atoms with Gasteiger partial charge in [0.25, 0.3) is 0 Å². The second-order valence-electron chi connectivity index (χ2n) is 9.40. The average Bonchev–Trinajstić information content (AvgIpc) is 3.66. The average molecular weight is 593 g/mol. The van der Waals surface area contributed by atoms with Crippen LogP contribution in [0.4, 0.5) is 23.7 Å². The zero-order chi connectivity index (χ0) is 29.7. The first-order chi connectivity index (χ1) is 20.2. The minimum Gasteiger partial charge on any atom is -0.406 e. The van der Waals surface area contributed by atoms with Crippen molar-refractivity contribution in [2.45, 2.75) is 32.5 Å². The van der Waals surface area contributed by atoms with Gasteiger partial charge in [0.05, 0.1) is 5.69 Å². The maximum Gasteiger partial charge on any atom is 0.573 e. The largest absolute Gasteiger partial charge is 0.573 e. The van der Waals surface area contributed by atoms with Gasteiger partial charge in [0.2, 0.25) is 0 Å². The fourth-order valence-electron chi connectivity index (χ4n) is 4.42. The van der Waals surface area contributed by atoms with E-state index in [0.29, 0.717) is 16.7 Å². The fourth-order valence-corrected chi connectivity index (χ4v) is 5.36. The van der Waals surface area contributed by atoms with E-state index in [1.807, 2.05) is 49.4 Å². The SMILES string of the molecule is CCc1ccccc1N1CCSC1=NC(=O)N=CC(C)c1ccc(-c2ncn(-c3ccc(OC(F)(F)F)cc3)n2)cc1. The monoisotopic (exact) mass is 592 g/mol. The van der Waals surface area contributed by atoms with Crippen LogP contribution in [0.3, 0.4) is 0 Å². The molecule has 5 rings (SSSR count). The first kappa shape index (κ1) is 29.1. The van der Waals surface area contributed by atoms with Gasteiger partial charge >= 0.3 is 12.4 Å². The smallest absolute Gasteiger partial charge is 0.406 e. The second-order valence-corrected chi connectivity index (χ2v) is 10.5. The summed E-state index contributed by atoms with van der Waals surface area (Å²) in [5, 5.41) is 5.09. The van der Waals surface area contributed by atoms with Crippen molar-refractivity contribution in [3.63, 3.8) is 0 Å². The van der Waals surface area contributed by atoms with Crippen LogP contribution in [0.1, 0.15) is 30.9 Å². The summed E-state index contributed by atoms with van der Waals surface area (Å²) < 4.78 is 42.6. The number of carbonyl (C=O) groups is 1. The molecule has 1 aliphatic heterocycles. The van der Waals surface area contributed by atoms with Gasteiger partial charge in [-0.2, -0.15) is 4.99 Å². The standard InChI is InChI=1S/C30H27F3N6O2S/c1-3-21-6-4-5-7-26(21)38-16-17-42-29(38)36-28(40)34-18-20(2)22-8-10-23(11-9-22)27-35-19-39(37-27)24-12-14-25(15-13-24)41-30(31,32)33/h4-15,18-20H,3,16-17H2,1-2H3. The van der Waals surface area contributed by atoms with Crippen molar-refractivity contribution in [3.8, 4) is 22.8 Å². The predicted octanol–water partition coefficient (Wildman–Crippen LogP) is 7.30. The van der Waals surface area contributed by atoms with Crippen LogP contribution in [0, 0.1) is 0 Å². The molecule has 1 unspecified atom stereocenters. The number of thioether (sulfide) groups is 1. The van der Waals surface area contributed by atoms with Gasteiger partial charge in [0.1, 0.15) is 12.1 Å². The third-order valence-corrected chi connectivity index (χ3v) is 7.52. The number of aliphatic imine (C=N–C) groups is 2. The molecule has 2 amide bonds. The van der Waals surface area contributed by atoms with Gasteiger partial charge < -0.3 is 9.64 Å². The number of ether oxygens (including phenoxy) is 1. The Morgan fingerprint density at radius 1 is 1.10 bits per heavy atom. The van der Waals surface area contributed by atoms with Crippen LogP contribution in [0.15, 0.2) is 89.1 Å². The zero-order valence-corrected chi connectivity index (χ0v) is 23.6.